The molecule has 0 fully saturated rings. The zero-order valence-electron chi connectivity index (χ0n) is 15.7. The van der Waals surface area contributed by atoms with E-state index in [1.807, 2.05) is 13.0 Å². The van der Waals surface area contributed by atoms with Crippen molar-refractivity contribution in [3.63, 3.8) is 0 Å². The van der Waals surface area contributed by atoms with Crippen molar-refractivity contribution >= 4 is 22.3 Å². The van der Waals surface area contributed by atoms with E-state index in [-0.39, 0.29) is 18.3 Å². The average Bonchev–Trinajstić information content (AvgIpc) is 2.60. The summed E-state index contributed by atoms with van der Waals surface area (Å²) in [6.45, 7) is 4.32. The summed E-state index contributed by atoms with van der Waals surface area (Å²) in [7, 11) is -3.81. The molecule has 4 N–H and O–H groups in total. The predicted octanol–water partition coefficient (Wildman–Crippen LogP) is 5.07. The number of nitrogens with zero attached hydrogens (tertiary/aromatic N) is 2. The van der Waals surface area contributed by atoms with Crippen LogP contribution in [0.1, 0.15) is 30.9 Å². The van der Waals surface area contributed by atoms with Crippen molar-refractivity contribution < 1.29 is 22.3 Å². The highest BCUT2D eigenvalue weighted by molar-refractivity contribution is 8.23. The van der Waals surface area contributed by atoms with E-state index in [0.717, 1.165) is 9.87 Å². The molecule has 5 nitrogen and oxygen atoms in total. The Morgan fingerprint density at radius 2 is 1.79 bits per heavy atom. The topological polar surface area (TPSA) is 73.0 Å². The lowest BCUT2D eigenvalue weighted by Crippen LogP contribution is -2.46. The molecule has 2 aromatic rings. The second-order valence-electron chi connectivity index (χ2n) is 6.99. The number of anilines is 2. The quantitative estimate of drug-likeness (QED) is 0.636. The minimum atomic E-state index is -3.81. The molecule has 0 amide bonds. The number of hydrogen-bond acceptors (Lipinski definition) is 5. The molecule has 0 bridgehead atoms. The second-order valence-corrected chi connectivity index (χ2v) is 8.80. The lowest BCUT2D eigenvalue weighted by molar-refractivity contribution is 0.269. The number of aryl methyl sites for hydroxylation is 1. The average molecular weight is 415 g/mol. The van der Waals surface area contributed by atoms with E-state index < -0.39 is 34.1 Å². The minimum Gasteiger partial charge on any atom is -0.330 e. The van der Waals surface area contributed by atoms with Gasteiger partial charge in [0.05, 0.1) is 5.69 Å². The Morgan fingerprint density at radius 1 is 1.14 bits per heavy atom. The zero-order valence-corrected chi connectivity index (χ0v) is 16.5. The van der Waals surface area contributed by atoms with Crippen molar-refractivity contribution in [2.75, 3.05) is 10.8 Å². The van der Waals surface area contributed by atoms with Crippen molar-refractivity contribution in [2.45, 2.75) is 39.3 Å². The SMILES string of the molecule is Cc1ccc2c(c1)CN(C(C)CCCN)S(O)(O)N2c1c(F)cc(F)cc1F. The first kappa shape index (κ1) is 20.9. The van der Waals surface area contributed by atoms with Crippen molar-refractivity contribution in [1.29, 1.82) is 0 Å². The van der Waals surface area contributed by atoms with Crippen LogP contribution in [0.3, 0.4) is 0 Å². The van der Waals surface area contributed by atoms with E-state index >= 15 is 0 Å². The van der Waals surface area contributed by atoms with Crippen LogP contribution < -0.4 is 10.0 Å². The van der Waals surface area contributed by atoms with Gasteiger partial charge in [-0.05, 0) is 55.8 Å². The summed E-state index contributed by atoms with van der Waals surface area (Å²) in [5.41, 5.74) is 6.76. The molecule has 1 aliphatic heterocycles. The van der Waals surface area contributed by atoms with Gasteiger partial charge in [-0.1, -0.05) is 17.7 Å². The Morgan fingerprint density at radius 3 is 2.39 bits per heavy atom. The summed E-state index contributed by atoms with van der Waals surface area (Å²) in [4.78, 5) is 0. The van der Waals surface area contributed by atoms with Gasteiger partial charge in [0, 0.05) is 24.7 Å². The first-order valence-electron chi connectivity index (χ1n) is 8.96. The summed E-state index contributed by atoms with van der Waals surface area (Å²) in [5, 5.41) is 0. The summed E-state index contributed by atoms with van der Waals surface area (Å²) >= 11 is 0. The zero-order chi connectivity index (χ0) is 20.6. The number of hydrogen-bond donors (Lipinski definition) is 3. The molecule has 1 aliphatic rings. The number of rotatable bonds is 5. The van der Waals surface area contributed by atoms with Gasteiger partial charge in [-0.25, -0.2) is 17.5 Å². The van der Waals surface area contributed by atoms with Crippen LogP contribution in [0.15, 0.2) is 30.3 Å². The van der Waals surface area contributed by atoms with Gasteiger partial charge in [-0.15, -0.1) is 0 Å². The summed E-state index contributed by atoms with van der Waals surface area (Å²) in [6, 6.07) is 5.88. The van der Waals surface area contributed by atoms with Gasteiger partial charge in [0.1, 0.15) is 11.5 Å². The summed E-state index contributed by atoms with van der Waals surface area (Å²) in [6.07, 6.45) is 1.24. The molecule has 1 atom stereocenters. The standard InChI is InChI=1S/C19H24F3N3O2S/c1-12-5-6-18-14(8-12)11-24(13(2)4-3-7-23)28(26,27)25(18)19-16(21)9-15(20)10-17(19)22/h5-6,8-10,13,26-27H,3-4,7,11,23H2,1-2H3. The van der Waals surface area contributed by atoms with Crippen LogP contribution >= 0.6 is 11.0 Å². The molecule has 0 saturated carbocycles. The fourth-order valence-electron chi connectivity index (χ4n) is 3.46. The van der Waals surface area contributed by atoms with Crippen LogP contribution in [-0.4, -0.2) is 26.0 Å². The van der Waals surface area contributed by atoms with Crippen LogP contribution in [0.2, 0.25) is 0 Å². The van der Waals surface area contributed by atoms with Gasteiger partial charge < -0.3 is 5.73 Å². The maximum Gasteiger partial charge on any atom is 0.154 e. The second kappa shape index (κ2) is 7.92. The minimum absolute atomic E-state index is 0.200. The van der Waals surface area contributed by atoms with Gasteiger partial charge in [0.15, 0.2) is 11.6 Å². The van der Waals surface area contributed by atoms with Crippen molar-refractivity contribution in [3.05, 3.63) is 58.9 Å². The Balaban J connectivity index is 2.19. The van der Waals surface area contributed by atoms with Crippen molar-refractivity contribution in [2.24, 2.45) is 5.73 Å². The highest BCUT2D eigenvalue weighted by Gasteiger charge is 2.42. The smallest absolute Gasteiger partial charge is 0.154 e. The molecule has 0 radical (unpaired) electrons. The fourth-order valence-corrected chi connectivity index (χ4v) is 5.43. The van der Waals surface area contributed by atoms with Crippen LogP contribution in [0, 0.1) is 24.4 Å². The number of fused-ring (bicyclic) bond motifs is 1. The Bertz CT molecular complexity index is 858. The van der Waals surface area contributed by atoms with Crippen LogP contribution in [0.4, 0.5) is 24.5 Å². The van der Waals surface area contributed by atoms with Gasteiger partial charge >= 0.3 is 0 Å². The number of halogens is 3. The van der Waals surface area contributed by atoms with Gasteiger partial charge in [0.25, 0.3) is 0 Å². The number of nitrogens with two attached hydrogens (primary N) is 1. The van der Waals surface area contributed by atoms with E-state index in [0.29, 0.717) is 37.1 Å². The molecule has 0 aromatic heterocycles. The Kier molecular flexibility index (Phi) is 5.92. The Hall–Kier alpha value is -1.78. The lowest BCUT2D eigenvalue weighted by atomic mass is 10.1. The largest absolute Gasteiger partial charge is 0.330 e. The highest BCUT2D eigenvalue weighted by Crippen LogP contribution is 2.60. The van der Waals surface area contributed by atoms with E-state index in [2.05, 4.69) is 0 Å². The normalized spacial score (nSPS) is 18.6. The molecule has 0 aliphatic carbocycles. The molecule has 2 aromatic carbocycles. The maximum atomic E-state index is 14.6. The molecule has 9 heteroatoms. The third-order valence-corrected chi connectivity index (χ3v) is 6.83. The summed E-state index contributed by atoms with van der Waals surface area (Å²) < 4.78 is 67.0. The Labute approximate surface area is 164 Å². The molecule has 0 saturated heterocycles. The molecule has 154 valence electrons. The third kappa shape index (κ3) is 3.72. The third-order valence-electron chi connectivity index (χ3n) is 4.84. The van der Waals surface area contributed by atoms with Gasteiger partial charge in [-0.3, -0.25) is 9.11 Å². The molecule has 28 heavy (non-hydrogen) atoms. The maximum absolute atomic E-state index is 14.6. The van der Waals surface area contributed by atoms with Gasteiger partial charge in [0.2, 0.25) is 0 Å². The van der Waals surface area contributed by atoms with E-state index in [1.54, 1.807) is 19.1 Å². The van der Waals surface area contributed by atoms with Crippen LogP contribution in [-0.2, 0) is 6.54 Å². The van der Waals surface area contributed by atoms with Crippen molar-refractivity contribution in [1.82, 2.24) is 4.31 Å². The number of benzene rings is 2. The molecule has 3 rings (SSSR count). The summed E-state index contributed by atoms with van der Waals surface area (Å²) in [5.74, 6) is -3.49. The molecule has 0 spiro atoms. The highest BCUT2D eigenvalue weighted by atomic mass is 32.3. The molecular formula is C19H24F3N3O2S. The molecular weight excluding hydrogens is 391 g/mol. The first-order valence-corrected chi connectivity index (χ1v) is 10.4. The first-order chi connectivity index (χ1) is 13.2. The van der Waals surface area contributed by atoms with Crippen LogP contribution in [0.25, 0.3) is 0 Å². The predicted molar refractivity (Wildman–Crippen MR) is 106 cm³/mol. The van der Waals surface area contributed by atoms with E-state index in [1.165, 1.54) is 4.31 Å². The monoisotopic (exact) mass is 415 g/mol. The van der Waals surface area contributed by atoms with Gasteiger partial charge in [-0.2, -0.15) is 4.31 Å². The van der Waals surface area contributed by atoms with E-state index in [9.17, 15) is 22.3 Å². The van der Waals surface area contributed by atoms with Crippen LogP contribution in [0.5, 0.6) is 0 Å². The van der Waals surface area contributed by atoms with E-state index in [4.69, 9.17) is 5.73 Å². The molecule has 1 unspecified atom stereocenters. The molecule has 1 heterocycles. The fraction of sp³-hybridized carbons (Fsp3) is 0.368. The lowest BCUT2D eigenvalue weighted by Gasteiger charge is -2.55. The van der Waals surface area contributed by atoms with Crippen molar-refractivity contribution in [3.8, 4) is 0 Å².